The van der Waals surface area contributed by atoms with E-state index in [-0.39, 0.29) is 25.5 Å². The van der Waals surface area contributed by atoms with Gasteiger partial charge in [-0.2, -0.15) is 0 Å². The fraction of sp³-hybridized carbons (Fsp3) is 0.561. The van der Waals surface area contributed by atoms with Crippen LogP contribution in [0, 0.1) is 17.6 Å². The van der Waals surface area contributed by atoms with Crippen molar-refractivity contribution in [1.29, 1.82) is 0 Å². The van der Waals surface area contributed by atoms with E-state index in [2.05, 4.69) is 15.6 Å². The predicted molar refractivity (Wildman–Crippen MR) is 204 cm³/mol. The highest BCUT2D eigenvalue weighted by Crippen LogP contribution is 2.71. The van der Waals surface area contributed by atoms with Gasteiger partial charge in [-0.05, 0) is 82.1 Å². The van der Waals surface area contributed by atoms with Crippen LogP contribution in [0.25, 0.3) is 10.9 Å². The Morgan fingerprint density at radius 1 is 0.982 bits per heavy atom. The summed E-state index contributed by atoms with van der Waals surface area (Å²) in [4.78, 5) is 60.0. The minimum Gasteiger partial charge on any atom is -0.488 e. The minimum absolute atomic E-state index is 0.0237. The van der Waals surface area contributed by atoms with E-state index < -0.39 is 78.0 Å². The average molecular weight is 797 g/mol. The van der Waals surface area contributed by atoms with Crippen molar-refractivity contribution in [2.24, 2.45) is 5.92 Å². The summed E-state index contributed by atoms with van der Waals surface area (Å²) in [5, 5.41) is 4.76. The Balaban J connectivity index is 1.20. The predicted octanol–water partition coefficient (Wildman–Crippen LogP) is 7.34. The molecule has 2 aromatic carbocycles. The lowest BCUT2D eigenvalue weighted by Gasteiger charge is -2.31. The number of hydrogen-bond donors (Lipinski definition) is 3. The van der Waals surface area contributed by atoms with Crippen LogP contribution in [-0.4, -0.2) is 75.4 Å². The molecule has 2 saturated carbocycles. The van der Waals surface area contributed by atoms with E-state index in [9.17, 15) is 32.6 Å². The maximum Gasteiger partial charge on any atom is 0.408 e. The summed E-state index contributed by atoms with van der Waals surface area (Å²) in [6.07, 6.45) is 5.88. The summed E-state index contributed by atoms with van der Waals surface area (Å²) in [6.45, 7) is 2.19. The van der Waals surface area contributed by atoms with Gasteiger partial charge in [-0.15, -0.1) is 0 Å². The van der Waals surface area contributed by atoms with Gasteiger partial charge in [0.1, 0.15) is 47.0 Å². The summed E-state index contributed by atoms with van der Waals surface area (Å²) in [5.74, 6) is -2.66. The third-order valence-corrected chi connectivity index (χ3v) is 14.4. The minimum atomic E-state index is -4.50. The molecule has 302 valence electrons. The molecule has 3 aromatic rings. The first-order chi connectivity index (χ1) is 27.0. The molecule has 12 nitrogen and oxygen atoms in total. The van der Waals surface area contributed by atoms with Crippen LogP contribution in [0.4, 0.5) is 13.6 Å². The normalized spacial score (nSPS) is 27.2. The Morgan fingerprint density at radius 3 is 2.43 bits per heavy atom. The van der Waals surface area contributed by atoms with Crippen molar-refractivity contribution in [2.45, 2.75) is 126 Å². The number of amides is 3. The summed E-state index contributed by atoms with van der Waals surface area (Å²) >= 11 is 0. The third-order valence-electron chi connectivity index (χ3n) is 11.8. The van der Waals surface area contributed by atoms with E-state index in [4.69, 9.17) is 14.2 Å². The average Bonchev–Trinajstić information content (AvgIpc) is 3.43. The second kappa shape index (κ2) is 17.1. The van der Waals surface area contributed by atoms with E-state index in [1.54, 1.807) is 6.07 Å². The monoisotopic (exact) mass is 796 g/mol. The number of para-hydroxylation sites is 1. The van der Waals surface area contributed by atoms with Gasteiger partial charge in [0.25, 0.3) is 0 Å². The lowest BCUT2D eigenvalue weighted by molar-refractivity contribution is -0.140. The zero-order valence-corrected chi connectivity index (χ0v) is 32.6. The summed E-state index contributed by atoms with van der Waals surface area (Å²) in [5.41, 5.74) is 0.121. The van der Waals surface area contributed by atoms with E-state index in [0.717, 1.165) is 63.5 Å². The molecular weight excluding hydrogens is 745 g/mol. The molecule has 1 aromatic heterocycles. The fourth-order valence-electron chi connectivity index (χ4n) is 8.72. The highest BCUT2D eigenvalue weighted by atomic mass is 31.2. The van der Waals surface area contributed by atoms with Crippen LogP contribution in [0.5, 0.6) is 11.6 Å². The number of pyridine rings is 1. The molecule has 3 heterocycles. The fourth-order valence-corrected chi connectivity index (χ4v) is 11.2. The molecular formula is C41H51F2N4O8P. The van der Waals surface area contributed by atoms with Crippen molar-refractivity contribution in [2.75, 3.05) is 13.2 Å². The number of carbonyl (C=O) groups excluding carboxylic acids is 3. The number of halogens is 2. The zero-order chi connectivity index (χ0) is 39.5. The van der Waals surface area contributed by atoms with Crippen molar-refractivity contribution in [3.05, 3.63) is 65.7 Å². The van der Waals surface area contributed by atoms with Gasteiger partial charge in [0, 0.05) is 23.4 Å². The van der Waals surface area contributed by atoms with Crippen LogP contribution in [0.3, 0.4) is 0 Å². The van der Waals surface area contributed by atoms with E-state index in [0.29, 0.717) is 48.4 Å². The van der Waals surface area contributed by atoms with Crippen molar-refractivity contribution >= 4 is 36.2 Å². The van der Waals surface area contributed by atoms with Gasteiger partial charge in [-0.3, -0.25) is 14.2 Å². The Kier molecular flexibility index (Phi) is 12.2. The number of alkyl carbamates (subject to hydrolysis) is 1. The van der Waals surface area contributed by atoms with Gasteiger partial charge in [-0.1, -0.05) is 50.3 Å². The summed E-state index contributed by atoms with van der Waals surface area (Å²) in [7, 11) is -4.50. The first kappa shape index (κ1) is 39.9. The van der Waals surface area contributed by atoms with Gasteiger partial charge < -0.3 is 34.6 Å². The molecule has 2 unspecified atom stereocenters. The van der Waals surface area contributed by atoms with E-state index in [1.807, 2.05) is 31.2 Å². The zero-order valence-electron chi connectivity index (χ0n) is 31.7. The highest BCUT2D eigenvalue weighted by Gasteiger charge is 2.66. The van der Waals surface area contributed by atoms with Gasteiger partial charge in [0.05, 0.1) is 24.8 Å². The molecule has 56 heavy (non-hydrogen) atoms. The lowest BCUT2D eigenvalue weighted by atomic mass is 10.0. The van der Waals surface area contributed by atoms with Crippen LogP contribution in [0.2, 0.25) is 0 Å². The third kappa shape index (κ3) is 8.66. The number of nitrogens with zero attached hydrogens (tertiary/aromatic N) is 2. The van der Waals surface area contributed by atoms with Gasteiger partial charge in [0.2, 0.25) is 25.1 Å². The molecule has 3 amide bonds. The van der Waals surface area contributed by atoms with Crippen molar-refractivity contribution in [3.63, 3.8) is 0 Å². The molecule has 7 rings (SSSR count). The molecule has 2 aliphatic heterocycles. The number of rotatable bonds is 9. The molecule has 3 N–H and O–H groups in total. The number of benzene rings is 2. The standard InChI is InChI=1S/C41H51F2N4O8P/c1-2-53-37-22-36(29-16-10-11-19-33(29)44-37)54-28-21-35-38(48)46-41(56(51,52)25-30-31(42)17-12-18-32(30)43)23-26(41)13-6-4-3-5-7-20-34(39(49)47(35)24-28)45-40(50)55-27-14-8-9-15-27/h10-12,16-19,22,26-28,34-35H,2-9,13-15,20-21,23-25H2,1H3,(H,45,50)(H,46,48)(H,51,52)/t26-,28?,34-,35-,41-/m0/s1. The van der Waals surface area contributed by atoms with E-state index in [1.165, 1.54) is 11.0 Å². The molecule has 2 saturated heterocycles. The molecule has 4 fully saturated rings. The largest absolute Gasteiger partial charge is 0.488 e. The van der Waals surface area contributed by atoms with Crippen molar-refractivity contribution < 1.29 is 46.8 Å². The molecule has 0 bridgehead atoms. The number of fused-ring (bicyclic) bond motifs is 3. The Labute approximate surface area is 325 Å². The van der Waals surface area contributed by atoms with Crippen LogP contribution in [0.1, 0.15) is 96.0 Å². The summed E-state index contributed by atoms with van der Waals surface area (Å²) in [6, 6.07) is 10.1. The molecule has 2 aliphatic carbocycles. The first-order valence-corrected chi connectivity index (χ1v) is 21.9. The van der Waals surface area contributed by atoms with Crippen LogP contribution >= 0.6 is 7.37 Å². The molecule has 0 radical (unpaired) electrons. The Morgan fingerprint density at radius 2 is 1.68 bits per heavy atom. The second-order valence-electron chi connectivity index (χ2n) is 15.6. The van der Waals surface area contributed by atoms with Crippen LogP contribution in [0.15, 0.2) is 48.5 Å². The number of nitrogens with one attached hydrogen (secondary N) is 2. The second-order valence-corrected chi connectivity index (χ2v) is 18.1. The number of hydrogen-bond acceptors (Lipinski definition) is 8. The molecule has 6 atom stereocenters. The first-order valence-electron chi connectivity index (χ1n) is 20.0. The van der Waals surface area contributed by atoms with Gasteiger partial charge in [-0.25, -0.2) is 18.6 Å². The smallest absolute Gasteiger partial charge is 0.408 e. The SMILES string of the molecule is CCOc1cc(OC2C[C@H]3C(=O)N[C@]4(P(=O)(O)Cc5c(F)cccc5F)C[C@@H]4CCCCCCC[C@H](NC(=O)OC4CCCC4)C(=O)N3C2)c2ccccc2n1. The maximum absolute atomic E-state index is 14.8. The maximum atomic E-state index is 14.8. The van der Waals surface area contributed by atoms with Crippen LogP contribution in [-0.2, 0) is 25.1 Å². The Hall–Kier alpha value is -4.29. The van der Waals surface area contributed by atoms with Crippen LogP contribution < -0.4 is 20.1 Å². The molecule has 4 aliphatic rings. The lowest BCUT2D eigenvalue weighted by Crippen LogP contribution is -2.55. The number of carbonyl (C=O) groups is 3. The molecule has 0 spiro atoms. The number of aromatic nitrogens is 1. The topological polar surface area (TPSA) is 156 Å². The molecule has 15 heteroatoms. The quantitative estimate of drug-likeness (QED) is 0.189. The van der Waals surface area contributed by atoms with Gasteiger partial charge in [0.15, 0.2) is 0 Å². The Bertz CT molecular complexity index is 1960. The van der Waals surface area contributed by atoms with E-state index >= 15 is 0 Å². The van der Waals surface area contributed by atoms with Crippen molar-refractivity contribution in [1.82, 2.24) is 20.5 Å². The number of ether oxygens (including phenoxy) is 3. The van der Waals surface area contributed by atoms with Crippen molar-refractivity contribution in [3.8, 4) is 11.6 Å². The summed E-state index contributed by atoms with van der Waals surface area (Å²) < 4.78 is 62.0. The highest BCUT2D eigenvalue weighted by molar-refractivity contribution is 7.59. The van der Waals surface area contributed by atoms with Gasteiger partial charge >= 0.3 is 6.09 Å².